The number of nitrogens with two attached hydrogens (primary N) is 2. The third-order valence-corrected chi connectivity index (χ3v) is 5.88. The van der Waals surface area contributed by atoms with Gasteiger partial charge in [-0.1, -0.05) is 36.4 Å². The predicted octanol–water partition coefficient (Wildman–Crippen LogP) is 5.14. The highest BCUT2D eigenvalue weighted by atomic mass is 32.1. The lowest BCUT2D eigenvalue weighted by molar-refractivity contribution is 0.0910. The van der Waals surface area contributed by atoms with Crippen molar-refractivity contribution in [3.63, 3.8) is 0 Å². The SMILES string of the molecule is N=C(N)c1cc2c(OC(COC(=O)Nc3ccc(N)cc3)c3ccccc3)cccc2s1. The molecule has 4 rings (SSSR count). The normalized spacial score (nSPS) is 11.6. The predicted molar refractivity (Wildman–Crippen MR) is 128 cm³/mol. The Balaban J connectivity index is 1.53. The number of anilines is 2. The monoisotopic (exact) mass is 446 g/mol. The summed E-state index contributed by atoms with van der Waals surface area (Å²) in [6.45, 7) is 0.00487. The number of ether oxygens (including phenoxy) is 2. The average Bonchev–Trinajstić information content (AvgIpc) is 3.24. The summed E-state index contributed by atoms with van der Waals surface area (Å²) < 4.78 is 12.7. The first-order valence-corrected chi connectivity index (χ1v) is 10.7. The van der Waals surface area contributed by atoms with E-state index in [9.17, 15) is 4.79 Å². The number of amides is 1. The molecular weight excluding hydrogens is 424 g/mol. The highest BCUT2D eigenvalue weighted by Gasteiger charge is 2.19. The zero-order valence-electron chi connectivity index (χ0n) is 17.1. The van der Waals surface area contributed by atoms with Gasteiger partial charge >= 0.3 is 6.09 Å². The second kappa shape index (κ2) is 9.40. The van der Waals surface area contributed by atoms with Gasteiger partial charge in [0.15, 0.2) is 6.10 Å². The second-order valence-electron chi connectivity index (χ2n) is 7.05. The molecule has 1 amide bonds. The van der Waals surface area contributed by atoms with Gasteiger partial charge in [-0.05, 0) is 48.0 Å². The summed E-state index contributed by atoms with van der Waals surface area (Å²) in [6, 6.07) is 23.9. The van der Waals surface area contributed by atoms with Gasteiger partial charge in [0, 0.05) is 21.5 Å². The van der Waals surface area contributed by atoms with Crippen LogP contribution in [0.15, 0.2) is 78.9 Å². The summed E-state index contributed by atoms with van der Waals surface area (Å²) in [4.78, 5) is 13.0. The Kier molecular flexibility index (Phi) is 6.23. The Morgan fingerprint density at radius 2 is 1.78 bits per heavy atom. The van der Waals surface area contributed by atoms with Gasteiger partial charge in [-0.3, -0.25) is 10.7 Å². The van der Waals surface area contributed by atoms with Crippen LogP contribution in [0.2, 0.25) is 0 Å². The lowest BCUT2D eigenvalue weighted by Gasteiger charge is -2.20. The molecule has 0 saturated carbocycles. The van der Waals surface area contributed by atoms with Crippen LogP contribution in [0.3, 0.4) is 0 Å². The van der Waals surface area contributed by atoms with Gasteiger partial charge in [0.05, 0.1) is 4.88 Å². The van der Waals surface area contributed by atoms with Crippen molar-refractivity contribution in [2.75, 3.05) is 17.7 Å². The third-order valence-electron chi connectivity index (χ3n) is 4.75. The lowest BCUT2D eigenvalue weighted by atomic mass is 10.1. The van der Waals surface area contributed by atoms with E-state index in [2.05, 4.69) is 5.32 Å². The number of amidine groups is 1. The second-order valence-corrected chi connectivity index (χ2v) is 8.14. The van der Waals surface area contributed by atoms with Crippen molar-refractivity contribution >= 4 is 44.7 Å². The molecule has 6 N–H and O–H groups in total. The maximum absolute atomic E-state index is 12.3. The number of fused-ring (bicyclic) bond motifs is 1. The number of thiophene rings is 1. The number of rotatable bonds is 7. The zero-order chi connectivity index (χ0) is 22.5. The Morgan fingerprint density at radius 3 is 2.50 bits per heavy atom. The molecular formula is C24H22N4O3S. The van der Waals surface area contributed by atoms with E-state index < -0.39 is 12.2 Å². The van der Waals surface area contributed by atoms with E-state index in [0.717, 1.165) is 15.6 Å². The molecule has 0 aliphatic rings. The summed E-state index contributed by atoms with van der Waals surface area (Å²) in [5.41, 5.74) is 13.4. The van der Waals surface area contributed by atoms with Crippen molar-refractivity contribution in [2.24, 2.45) is 5.73 Å². The van der Waals surface area contributed by atoms with Crippen LogP contribution in [-0.4, -0.2) is 18.5 Å². The van der Waals surface area contributed by atoms with Crippen LogP contribution in [0, 0.1) is 5.41 Å². The molecule has 0 radical (unpaired) electrons. The highest BCUT2D eigenvalue weighted by molar-refractivity contribution is 7.20. The Labute approximate surface area is 189 Å². The van der Waals surface area contributed by atoms with E-state index in [1.54, 1.807) is 24.3 Å². The molecule has 1 heterocycles. The molecule has 0 aliphatic carbocycles. The molecule has 8 heteroatoms. The largest absolute Gasteiger partial charge is 0.481 e. The Bertz CT molecular complexity index is 1240. The van der Waals surface area contributed by atoms with Gasteiger partial charge in [-0.2, -0.15) is 0 Å². The molecule has 0 bridgehead atoms. The molecule has 4 aromatic rings. The lowest BCUT2D eigenvalue weighted by Crippen LogP contribution is -2.21. The quantitative estimate of drug-likeness (QED) is 0.178. The van der Waals surface area contributed by atoms with Crippen LogP contribution in [0.25, 0.3) is 10.1 Å². The van der Waals surface area contributed by atoms with E-state index in [4.69, 9.17) is 26.4 Å². The molecule has 1 atom stereocenters. The van der Waals surface area contributed by atoms with E-state index in [1.807, 2.05) is 54.6 Å². The maximum Gasteiger partial charge on any atom is 0.411 e. The number of nitrogen functional groups attached to an aromatic ring is 2. The Morgan fingerprint density at radius 1 is 1.03 bits per heavy atom. The van der Waals surface area contributed by atoms with Crippen LogP contribution >= 0.6 is 11.3 Å². The first kappa shape index (κ1) is 21.2. The fraction of sp³-hybridized carbons (Fsp3) is 0.0833. The van der Waals surface area contributed by atoms with E-state index in [0.29, 0.717) is 22.0 Å². The zero-order valence-corrected chi connectivity index (χ0v) is 17.9. The fourth-order valence-corrected chi connectivity index (χ4v) is 4.10. The number of benzene rings is 3. The minimum Gasteiger partial charge on any atom is -0.481 e. The smallest absolute Gasteiger partial charge is 0.411 e. The van der Waals surface area contributed by atoms with Gasteiger partial charge < -0.3 is 20.9 Å². The van der Waals surface area contributed by atoms with Gasteiger partial charge in [0.2, 0.25) is 0 Å². The van der Waals surface area contributed by atoms with Crippen LogP contribution < -0.4 is 21.5 Å². The summed E-state index contributed by atoms with van der Waals surface area (Å²) in [5, 5.41) is 11.2. The van der Waals surface area contributed by atoms with E-state index in [-0.39, 0.29) is 12.4 Å². The number of carbonyl (C=O) groups is 1. The summed E-state index contributed by atoms with van der Waals surface area (Å²) in [7, 11) is 0. The van der Waals surface area contributed by atoms with Crippen LogP contribution in [-0.2, 0) is 4.74 Å². The molecule has 1 unspecified atom stereocenters. The molecule has 3 aromatic carbocycles. The van der Waals surface area contributed by atoms with Crippen molar-refractivity contribution in [1.29, 1.82) is 5.41 Å². The molecule has 32 heavy (non-hydrogen) atoms. The van der Waals surface area contributed by atoms with E-state index in [1.165, 1.54) is 11.3 Å². The van der Waals surface area contributed by atoms with Crippen molar-refractivity contribution in [3.05, 3.63) is 89.3 Å². The standard InChI is InChI=1S/C24H22N4O3S/c25-16-9-11-17(12-10-16)28-24(29)30-14-20(15-5-2-1-3-6-15)31-19-7-4-8-21-18(19)13-22(32-21)23(26)27/h1-13,20H,14,25H2,(H3,26,27)(H,28,29). The number of hydrogen-bond donors (Lipinski definition) is 4. The first-order valence-electron chi connectivity index (χ1n) is 9.87. The topological polar surface area (TPSA) is 123 Å². The number of nitrogens with one attached hydrogen (secondary N) is 2. The van der Waals surface area contributed by atoms with Crippen molar-refractivity contribution in [3.8, 4) is 5.75 Å². The van der Waals surface area contributed by atoms with E-state index >= 15 is 0 Å². The highest BCUT2D eigenvalue weighted by Crippen LogP contribution is 2.35. The van der Waals surface area contributed by atoms with Gasteiger partial charge in [0.1, 0.15) is 18.2 Å². The molecule has 1 aromatic heterocycles. The van der Waals surface area contributed by atoms with Crippen LogP contribution in [0.1, 0.15) is 16.5 Å². The minimum atomic E-state index is -0.591. The van der Waals surface area contributed by atoms with Crippen molar-refractivity contribution < 1.29 is 14.3 Å². The van der Waals surface area contributed by atoms with Crippen LogP contribution in [0.4, 0.5) is 16.2 Å². The summed E-state index contributed by atoms with van der Waals surface area (Å²) in [6.07, 6.45) is -1.12. The Hall–Kier alpha value is -4.04. The van der Waals surface area contributed by atoms with Gasteiger partial charge in [0.25, 0.3) is 0 Å². The summed E-state index contributed by atoms with van der Waals surface area (Å²) >= 11 is 1.43. The molecule has 0 saturated heterocycles. The minimum absolute atomic E-state index is 0.00487. The van der Waals surface area contributed by atoms with Crippen molar-refractivity contribution in [2.45, 2.75) is 6.10 Å². The van der Waals surface area contributed by atoms with Crippen LogP contribution in [0.5, 0.6) is 5.75 Å². The van der Waals surface area contributed by atoms with Crippen molar-refractivity contribution in [1.82, 2.24) is 0 Å². The fourth-order valence-electron chi connectivity index (χ4n) is 3.16. The molecule has 0 spiro atoms. The number of hydrogen-bond acceptors (Lipinski definition) is 6. The van der Waals surface area contributed by atoms with Gasteiger partial charge in [-0.15, -0.1) is 11.3 Å². The average molecular weight is 447 g/mol. The maximum atomic E-state index is 12.3. The molecule has 162 valence electrons. The first-order chi connectivity index (χ1) is 15.5. The number of carbonyl (C=O) groups excluding carboxylic acids is 1. The third kappa shape index (κ3) is 4.98. The summed E-state index contributed by atoms with van der Waals surface area (Å²) in [5.74, 6) is 0.641. The molecule has 0 aliphatic heterocycles. The molecule has 7 nitrogen and oxygen atoms in total. The van der Waals surface area contributed by atoms with Gasteiger partial charge in [-0.25, -0.2) is 4.79 Å². The molecule has 0 fully saturated rings.